The van der Waals surface area contributed by atoms with E-state index in [4.69, 9.17) is 15.5 Å². The smallest absolute Gasteiger partial charge is 0.124 e. The normalized spacial score (nSPS) is 10.0. The summed E-state index contributed by atoms with van der Waals surface area (Å²) in [5.74, 6) is -0.462. The number of anilines is 1. The molecule has 2 N–H and O–H groups in total. The van der Waals surface area contributed by atoms with Crippen LogP contribution in [0.3, 0.4) is 0 Å². The van der Waals surface area contributed by atoms with Crippen LogP contribution in [0, 0.1) is 17.1 Å². The third-order valence-corrected chi connectivity index (χ3v) is 2.38. The summed E-state index contributed by atoms with van der Waals surface area (Å²) < 4.78 is 13.0. The van der Waals surface area contributed by atoms with Crippen molar-refractivity contribution in [3.8, 4) is 6.07 Å². The minimum atomic E-state index is -0.462. The van der Waals surface area contributed by atoms with Crippen molar-refractivity contribution in [2.75, 3.05) is 31.2 Å². The molecule has 0 heterocycles. The van der Waals surface area contributed by atoms with Gasteiger partial charge in [0.25, 0.3) is 0 Å². The molecule has 92 valence electrons. The number of rotatable bonds is 6. The van der Waals surface area contributed by atoms with Crippen molar-refractivity contribution in [3.63, 3.8) is 0 Å². The molecule has 0 aliphatic carbocycles. The summed E-state index contributed by atoms with van der Waals surface area (Å²) >= 11 is 0. The molecule has 1 rings (SSSR count). The highest BCUT2D eigenvalue weighted by Crippen LogP contribution is 2.21. The fraction of sp³-hybridized carbons (Fsp3) is 0.417. The van der Waals surface area contributed by atoms with Crippen molar-refractivity contribution < 1.29 is 14.6 Å². The van der Waals surface area contributed by atoms with E-state index in [1.807, 2.05) is 6.07 Å². The topological polar surface area (TPSA) is 67.5 Å². The third kappa shape index (κ3) is 3.70. The van der Waals surface area contributed by atoms with Crippen molar-refractivity contribution in [2.24, 2.45) is 0 Å². The molecule has 0 atom stereocenters. The molecule has 0 aromatic heterocycles. The average Bonchev–Trinajstić information content (AvgIpc) is 2.34. The summed E-state index contributed by atoms with van der Waals surface area (Å²) in [5.41, 5.74) is 0.813. The zero-order valence-electron chi connectivity index (χ0n) is 9.43. The lowest BCUT2D eigenvalue weighted by Crippen LogP contribution is -2.29. The number of hydrogen-bond donors (Lipinski definition) is 2. The lowest BCUT2D eigenvalue weighted by molar-refractivity contribution is 0.281. The quantitative estimate of drug-likeness (QED) is 0.772. The van der Waals surface area contributed by atoms with Crippen LogP contribution in [-0.4, -0.2) is 36.5 Å². The summed E-state index contributed by atoms with van der Waals surface area (Å²) in [7, 11) is 0. The molecule has 0 amide bonds. The Hall–Kier alpha value is -1.64. The van der Waals surface area contributed by atoms with Gasteiger partial charge in [-0.2, -0.15) is 5.26 Å². The SMILES string of the molecule is N#Cc1cc(F)ccc1N(CCO)CCCO. The van der Waals surface area contributed by atoms with Crippen LogP contribution in [0.4, 0.5) is 10.1 Å². The zero-order chi connectivity index (χ0) is 12.7. The lowest BCUT2D eigenvalue weighted by atomic mass is 10.1. The Morgan fingerprint density at radius 1 is 1.24 bits per heavy atom. The van der Waals surface area contributed by atoms with Crippen molar-refractivity contribution in [2.45, 2.75) is 6.42 Å². The van der Waals surface area contributed by atoms with Crippen molar-refractivity contribution in [1.29, 1.82) is 5.26 Å². The fourth-order valence-electron chi connectivity index (χ4n) is 1.61. The molecule has 1 aromatic carbocycles. The third-order valence-electron chi connectivity index (χ3n) is 2.38. The van der Waals surface area contributed by atoms with E-state index in [9.17, 15) is 4.39 Å². The maximum Gasteiger partial charge on any atom is 0.124 e. The summed E-state index contributed by atoms with van der Waals surface area (Å²) in [4.78, 5) is 1.76. The van der Waals surface area contributed by atoms with Gasteiger partial charge in [-0.15, -0.1) is 0 Å². The van der Waals surface area contributed by atoms with Gasteiger partial charge >= 0.3 is 0 Å². The number of hydrogen-bond acceptors (Lipinski definition) is 4. The predicted molar refractivity (Wildman–Crippen MR) is 62.1 cm³/mol. The van der Waals surface area contributed by atoms with E-state index in [1.165, 1.54) is 18.2 Å². The van der Waals surface area contributed by atoms with Gasteiger partial charge in [-0.05, 0) is 24.6 Å². The van der Waals surface area contributed by atoms with Crippen molar-refractivity contribution >= 4 is 5.69 Å². The monoisotopic (exact) mass is 238 g/mol. The number of nitrogens with zero attached hydrogens (tertiary/aromatic N) is 2. The molecule has 0 fully saturated rings. The van der Waals surface area contributed by atoms with Gasteiger partial charge in [0.15, 0.2) is 0 Å². The van der Waals surface area contributed by atoms with E-state index in [0.717, 1.165) is 0 Å². The van der Waals surface area contributed by atoms with E-state index in [0.29, 0.717) is 25.2 Å². The molecular weight excluding hydrogens is 223 g/mol. The maximum atomic E-state index is 13.0. The first-order valence-electron chi connectivity index (χ1n) is 5.39. The Kier molecular flexibility index (Phi) is 5.40. The van der Waals surface area contributed by atoms with Crippen molar-refractivity contribution in [1.82, 2.24) is 0 Å². The Balaban J connectivity index is 2.96. The number of nitriles is 1. The number of aliphatic hydroxyl groups is 2. The summed E-state index contributed by atoms with van der Waals surface area (Å²) in [5, 5.41) is 26.7. The van der Waals surface area contributed by atoms with Crippen LogP contribution in [-0.2, 0) is 0 Å². The Bertz CT molecular complexity index is 404. The molecule has 0 saturated heterocycles. The molecule has 0 bridgehead atoms. The van der Waals surface area contributed by atoms with E-state index >= 15 is 0 Å². The molecule has 17 heavy (non-hydrogen) atoms. The van der Waals surface area contributed by atoms with Gasteiger partial charge in [0.1, 0.15) is 11.9 Å². The first kappa shape index (κ1) is 13.4. The molecule has 0 aliphatic rings. The van der Waals surface area contributed by atoms with Crippen LogP contribution in [0.25, 0.3) is 0 Å². The van der Waals surface area contributed by atoms with Gasteiger partial charge in [-0.25, -0.2) is 4.39 Å². The average molecular weight is 238 g/mol. The Morgan fingerprint density at radius 3 is 2.59 bits per heavy atom. The number of halogens is 1. The largest absolute Gasteiger partial charge is 0.396 e. The minimum absolute atomic E-state index is 0.0327. The first-order chi connectivity index (χ1) is 8.22. The standard InChI is InChI=1S/C12H15FN2O2/c13-11-2-3-12(10(8-11)9-14)15(5-7-17)4-1-6-16/h2-3,8,16-17H,1,4-7H2. The zero-order valence-corrected chi connectivity index (χ0v) is 9.43. The van der Waals surface area contributed by atoms with Crippen LogP contribution >= 0.6 is 0 Å². The van der Waals surface area contributed by atoms with Crippen LogP contribution < -0.4 is 4.90 Å². The molecule has 0 spiro atoms. The second kappa shape index (κ2) is 6.84. The predicted octanol–water partition coefficient (Wildman–Crippen LogP) is 0.878. The first-order valence-corrected chi connectivity index (χ1v) is 5.39. The second-order valence-electron chi connectivity index (χ2n) is 3.56. The highest BCUT2D eigenvalue weighted by atomic mass is 19.1. The van der Waals surface area contributed by atoms with E-state index in [2.05, 4.69) is 0 Å². The molecule has 0 aliphatic heterocycles. The highest BCUT2D eigenvalue weighted by molar-refractivity contribution is 5.59. The van der Waals surface area contributed by atoms with Crippen LogP contribution in [0.2, 0.25) is 0 Å². The Labute approximate surface area is 99.5 Å². The van der Waals surface area contributed by atoms with E-state index in [1.54, 1.807) is 4.90 Å². The van der Waals surface area contributed by atoms with Gasteiger partial charge in [0.05, 0.1) is 17.9 Å². The van der Waals surface area contributed by atoms with E-state index in [-0.39, 0.29) is 18.8 Å². The van der Waals surface area contributed by atoms with Crippen molar-refractivity contribution in [3.05, 3.63) is 29.6 Å². The molecular formula is C12H15FN2O2. The molecule has 0 unspecified atom stereocenters. The Morgan fingerprint density at radius 2 is 2.00 bits per heavy atom. The van der Waals surface area contributed by atoms with E-state index < -0.39 is 5.82 Å². The van der Waals surface area contributed by atoms with Gasteiger partial charge in [0, 0.05) is 19.7 Å². The molecule has 5 heteroatoms. The van der Waals surface area contributed by atoms with Gasteiger partial charge in [-0.1, -0.05) is 0 Å². The van der Waals surface area contributed by atoms with Gasteiger partial charge < -0.3 is 15.1 Å². The van der Waals surface area contributed by atoms with Crippen LogP contribution in [0.15, 0.2) is 18.2 Å². The highest BCUT2D eigenvalue weighted by Gasteiger charge is 2.11. The fourth-order valence-corrected chi connectivity index (χ4v) is 1.61. The number of aliphatic hydroxyl groups excluding tert-OH is 2. The minimum Gasteiger partial charge on any atom is -0.396 e. The molecule has 1 aromatic rings. The van der Waals surface area contributed by atoms with Crippen LogP contribution in [0.1, 0.15) is 12.0 Å². The maximum absolute atomic E-state index is 13.0. The van der Waals surface area contributed by atoms with Gasteiger partial charge in [-0.3, -0.25) is 0 Å². The summed E-state index contributed by atoms with van der Waals surface area (Å²) in [6, 6.07) is 5.88. The second-order valence-corrected chi connectivity index (χ2v) is 3.56. The summed E-state index contributed by atoms with van der Waals surface area (Å²) in [6.07, 6.45) is 0.530. The summed E-state index contributed by atoms with van der Waals surface area (Å²) in [6.45, 7) is 0.830. The molecule has 0 radical (unpaired) electrons. The molecule has 4 nitrogen and oxygen atoms in total. The van der Waals surface area contributed by atoms with Gasteiger partial charge in [0.2, 0.25) is 0 Å². The lowest BCUT2D eigenvalue weighted by Gasteiger charge is -2.24. The van der Waals surface area contributed by atoms with Crippen LogP contribution in [0.5, 0.6) is 0 Å². The number of benzene rings is 1. The molecule has 0 saturated carbocycles.